The fourth-order valence-electron chi connectivity index (χ4n) is 3.71. The fraction of sp³-hybridized carbons (Fsp3) is 0.348. The van der Waals surface area contributed by atoms with Crippen molar-refractivity contribution in [3.63, 3.8) is 0 Å². The van der Waals surface area contributed by atoms with Crippen LogP contribution in [0.3, 0.4) is 0 Å². The summed E-state index contributed by atoms with van der Waals surface area (Å²) >= 11 is 0. The van der Waals surface area contributed by atoms with Gasteiger partial charge < -0.3 is 14.1 Å². The Morgan fingerprint density at radius 2 is 1.85 bits per heavy atom. The van der Waals surface area contributed by atoms with Crippen molar-refractivity contribution in [3.05, 3.63) is 64.3 Å². The van der Waals surface area contributed by atoms with Gasteiger partial charge in [-0.2, -0.15) is 0 Å². The lowest BCUT2D eigenvalue weighted by Crippen LogP contribution is -2.22. The van der Waals surface area contributed by atoms with Crippen LogP contribution in [0.25, 0.3) is 22.3 Å². The summed E-state index contributed by atoms with van der Waals surface area (Å²) in [5.41, 5.74) is 2.36. The lowest BCUT2D eigenvalue weighted by Gasteiger charge is -2.15. The molecule has 4 rings (SSSR count). The molecule has 2 aromatic carbocycles. The molecule has 0 amide bonds. The quantitative estimate of drug-likeness (QED) is 0.599. The second kappa shape index (κ2) is 7.97. The van der Waals surface area contributed by atoms with Gasteiger partial charge in [0.1, 0.15) is 17.1 Å². The third kappa shape index (κ3) is 3.91. The molecule has 0 saturated carbocycles. The van der Waals surface area contributed by atoms with Crippen LogP contribution in [-0.2, 0) is 0 Å². The first-order valence-corrected chi connectivity index (χ1v) is 9.70. The second-order valence-corrected chi connectivity index (χ2v) is 7.16. The molecule has 1 aliphatic rings. The van der Waals surface area contributed by atoms with Crippen LogP contribution in [-0.4, -0.2) is 31.1 Å². The van der Waals surface area contributed by atoms with Crippen molar-refractivity contribution >= 4 is 11.0 Å². The SMILES string of the molecule is Cc1c(OCCCN2CCCC2)ccc2c(=O)cc(-c3ccccc3)oc12. The van der Waals surface area contributed by atoms with Crippen LogP contribution in [0, 0.1) is 6.92 Å². The van der Waals surface area contributed by atoms with Gasteiger partial charge in [0.05, 0.1) is 12.0 Å². The van der Waals surface area contributed by atoms with Crippen molar-refractivity contribution in [2.24, 2.45) is 0 Å². The minimum atomic E-state index is -0.0289. The van der Waals surface area contributed by atoms with Crippen molar-refractivity contribution in [2.45, 2.75) is 26.2 Å². The van der Waals surface area contributed by atoms with Gasteiger partial charge in [0.15, 0.2) is 5.43 Å². The molecule has 0 unspecified atom stereocenters. The van der Waals surface area contributed by atoms with E-state index in [-0.39, 0.29) is 5.43 Å². The molecule has 0 radical (unpaired) electrons. The summed E-state index contributed by atoms with van der Waals surface area (Å²) in [5, 5.41) is 0.594. The van der Waals surface area contributed by atoms with Crippen molar-refractivity contribution in [3.8, 4) is 17.1 Å². The maximum Gasteiger partial charge on any atom is 0.193 e. The van der Waals surface area contributed by atoms with Crippen LogP contribution in [0.4, 0.5) is 0 Å². The van der Waals surface area contributed by atoms with Gasteiger partial charge >= 0.3 is 0 Å². The number of benzene rings is 2. The first-order chi connectivity index (χ1) is 13.2. The van der Waals surface area contributed by atoms with E-state index in [4.69, 9.17) is 9.15 Å². The van der Waals surface area contributed by atoms with E-state index in [2.05, 4.69) is 4.90 Å². The minimum absolute atomic E-state index is 0.0289. The number of fused-ring (bicyclic) bond motifs is 1. The first-order valence-electron chi connectivity index (χ1n) is 9.70. The first kappa shape index (κ1) is 17.8. The Morgan fingerprint density at radius 1 is 1.07 bits per heavy atom. The second-order valence-electron chi connectivity index (χ2n) is 7.16. The molecule has 27 heavy (non-hydrogen) atoms. The number of hydrogen-bond acceptors (Lipinski definition) is 4. The lowest BCUT2D eigenvalue weighted by molar-refractivity contribution is 0.262. The molecule has 0 spiro atoms. The number of ether oxygens (including phenoxy) is 1. The summed E-state index contributed by atoms with van der Waals surface area (Å²) in [5.74, 6) is 1.37. The van der Waals surface area contributed by atoms with Crippen LogP contribution >= 0.6 is 0 Å². The third-order valence-electron chi connectivity index (χ3n) is 5.23. The molecule has 1 aromatic heterocycles. The summed E-state index contributed by atoms with van der Waals surface area (Å²) in [6.45, 7) is 6.13. The number of likely N-dealkylation sites (tertiary alicyclic amines) is 1. The highest BCUT2D eigenvalue weighted by Crippen LogP contribution is 2.29. The average molecular weight is 363 g/mol. The monoisotopic (exact) mass is 363 g/mol. The van der Waals surface area contributed by atoms with Gasteiger partial charge in [-0.25, -0.2) is 0 Å². The molecule has 140 valence electrons. The van der Waals surface area contributed by atoms with Crippen LogP contribution in [0.15, 0.2) is 57.7 Å². The van der Waals surface area contributed by atoms with Gasteiger partial charge in [0.25, 0.3) is 0 Å². The van der Waals surface area contributed by atoms with Gasteiger partial charge in [-0.3, -0.25) is 4.79 Å². The van der Waals surface area contributed by atoms with E-state index in [1.165, 1.54) is 25.9 Å². The number of aryl methyl sites for hydroxylation is 1. The highest BCUT2D eigenvalue weighted by atomic mass is 16.5. The zero-order chi connectivity index (χ0) is 18.6. The van der Waals surface area contributed by atoms with E-state index in [1.54, 1.807) is 12.1 Å². The van der Waals surface area contributed by atoms with Crippen molar-refractivity contribution < 1.29 is 9.15 Å². The molecular formula is C23H25NO3. The Kier molecular flexibility index (Phi) is 5.26. The number of rotatable bonds is 6. The maximum atomic E-state index is 12.5. The molecule has 0 bridgehead atoms. The highest BCUT2D eigenvalue weighted by molar-refractivity contribution is 5.83. The number of hydrogen-bond donors (Lipinski definition) is 0. The molecule has 2 heterocycles. The summed E-state index contributed by atoms with van der Waals surface area (Å²) < 4.78 is 12.1. The molecule has 4 nitrogen and oxygen atoms in total. The lowest BCUT2D eigenvalue weighted by atomic mass is 10.1. The van der Waals surface area contributed by atoms with Gasteiger partial charge in [0.2, 0.25) is 0 Å². The normalized spacial score (nSPS) is 14.7. The predicted octanol–water partition coefficient (Wildman–Crippen LogP) is 4.63. The van der Waals surface area contributed by atoms with Gasteiger partial charge in [0, 0.05) is 23.7 Å². The predicted molar refractivity (Wildman–Crippen MR) is 108 cm³/mol. The standard InChI is InChI=1S/C23H25NO3/c1-17-21(26-15-7-14-24-12-5-6-13-24)11-10-19-20(25)16-22(27-23(17)19)18-8-3-2-4-9-18/h2-4,8-11,16H,5-7,12-15H2,1H3. The Balaban J connectivity index is 1.55. The molecular weight excluding hydrogens is 338 g/mol. The molecule has 1 aliphatic heterocycles. The third-order valence-corrected chi connectivity index (χ3v) is 5.23. The van der Waals surface area contributed by atoms with E-state index in [9.17, 15) is 4.79 Å². The van der Waals surface area contributed by atoms with Crippen LogP contribution in [0.2, 0.25) is 0 Å². The summed E-state index contributed by atoms with van der Waals surface area (Å²) in [4.78, 5) is 15.0. The van der Waals surface area contributed by atoms with E-state index >= 15 is 0 Å². The highest BCUT2D eigenvalue weighted by Gasteiger charge is 2.13. The summed E-state index contributed by atoms with van der Waals surface area (Å²) in [7, 11) is 0. The van der Waals surface area contributed by atoms with Crippen molar-refractivity contribution in [1.29, 1.82) is 0 Å². The molecule has 4 heteroatoms. The fourth-order valence-corrected chi connectivity index (χ4v) is 3.71. The van der Waals surface area contributed by atoms with Gasteiger partial charge in [-0.15, -0.1) is 0 Å². The van der Waals surface area contributed by atoms with E-state index in [0.29, 0.717) is 23.3 Å². The molecule has 0 atom stereocenters. The van der Waals surface area contributed by atoms with E-state index in [1.807, 2.05) is 43.3 Å². The molecule has 0 aliphatic carbocycles. The largest absolute Gasteiger partial charge is 0.493 e. The average Bonchev–Trinajstić information content (AvgIpc) is 3.21. The van der Waals surface area contributed by atoms with Crippen LogP contribution in [0.5, 0.6) is 5.75 Å². The van der Waals surface area contributed by atoms with Gasteiger partial charge in [-0.1, -0.05) is 30.3 Å². The Hall–Kier alpha value is -2.59. The van der Waals surface area contributed by atoms with E-state index < -0.39 is 0 Å². The Bertz CT molecular complexity index is 972. The Morgan fingerprint density at radius 3 is 2.63 bits per heavy atom. The Labute approximate surface area is 159 Å². The minimum Gasteiger partial charge on any atom is -0.493 e. The van der Waals surface area contributed by atoms with Crippen molar-refractivity contribution in [1.82, 2.24) is 4.90 Å². The van der Waals surface area contributed by atoms with E-state index in [0.717, 1.165) is 29.8 Å². The van der Waals surface area contributed by atoms with Crippen LogP contribution in [0.1, 0.15) is 24.8 Å². The smallest absolute Gasteiger partial charge is 0.193 e. The molecule has 1 fully saturated rings. The molecule has 0 N–H and O–H groups in total. The van der Waals surface area contributed by atoms with Crippen LogP contribution < -0.4 is 10.2 Å². The van der Waals surface area contributed by atoms with Gasteiger partial charge in [-0.05, 0) is 51.4 Å². The maximum absolute atomic E-state index is 12.5. The zero-order valence-electron chi connectivity index (χ0n) is 15.7. The number of nitrogens with zero attached hydrogens (tertiary/aromatic N) is 1. The molecule has 3 aromatic rings. The van der Waals surface area contributed by atoms with Crippen molar-refractivity contribution in [2.75, 3.05) is 26.2 Å². The molecule has 1 saturated heterocycles. The summed E-state index contributed by atoms with van der Waals surface area (Å²) in [6, 6.07) is 15.0. The topological polar surface area (TPSA) is 42.7 Å². The zero-order valence-corrected chi connectivity index (χ0v) is 15.7. The summed E-state index contributed by atoms with van der Waals surface area (Å²) in [6.07, 6.45) is 3.63.